The first kappa shape index (κ1) is 20.4. The van der Waals surface area contributed by atoms with E-state index >= 15 is 0 Å². The molecule has 0 spiro atoms. The number of hydrogen-bond acceptors (Lipinski definition) is 6. The summed E-state index contributed by atoms with van der Waals surface area (Å²) in [5, 5.41) is 6.46. The van der Waals surface area contributed by atoms with Gasteiger partial charge in [-0.2, -0.15) is 4.31 Å². The van der Waals surface area contributed by atoms with Crippen LogP contribution >= 0.6 is 0 Å². The molecule has 1 aliphatic heterocycles. The molecule has 1 aromatic carbocycles. The van der Waals surface area contributed by atoms with Crippen molar-refractivity contribution in [3.63, 3.8) is 0 Å². The molecule has 3 rings (SSSR count). The van der Waals surface area contributed by atoms with Crippen molar-refractivity contribution in [2.75, 3.05) is 31.6 Å². The summed E-state index contributed by atoms with van der Waals surface area (Å²) in [6.45, 7) is 4.42. The number of morpholine rings is 1. The summed E-state index contributed by atoms with van der Waals surface area (Å²) in [7, 11) is -4.00. The number of carbonyl (C=O) groups excluding carboxylic acids is 1. The largest absolute Gasteiger partial charge is 0.379 e. The number of anilines is 1. The molecule has 1 N–H and O–H groups in total. The van der Waals surface area contributed by atoms with E-state index in [1.807, 2.05) is 0 Å². The number of sulfonamides is 1. The number of nitrogens with one attached hydrogen (secondary N) is 1. The first-order chi connectivity index (χ1) is 13.3. The van der Waals surface area contributed by atoms with Crippen LogP contribution in [-0.4, -0.2) is 50.1 Å². The molecule has 152 valence electrons. The van der Waals surface area contributed by atoms with Crippen LogP contribution in [0.4, 0.5) is 10.1 Å². The van der Waals surface area contributed by atoms with E-state index in [9.17, 15) is 17.6 Å². The molecule has 1 aliphatic rings. The van der Waals surface area contributed by atoms with E-state index in [1.54, 1.807) is 13.8 Å². The lowest BCUT2D eigenvalue weighted by Gasteiger charge is -2.26. The number of carbonyl (C=O) groups is 1. The SMILES string of the molecule is Cc1noc(C)c1CCC(=O)Nc1ccc(F)c(S(=O)(=O)N2CCOCC2)c1. The van der Waals surface area contributed by atoms with Gasteiger partial charge in [0.15, 0.2) is 0 Å². The number of benzene rings is 1. The zero-order chi connectivity index (χ0) is 20.3. The Bertz CT molecular complexity index is 948. The molecule has 1 aromatic heterocycles. The summed E-state index contributed by atoms with van der Waals surface area (Å²) in [4.78, 5) is 11.8. The highest BCUT2D eigenvalue weighted by Crippen LogP contribution is 2.24. The lowest BCUT2D eigenvalue weighted by Crippen LogP contribution is -2.40. The van der Waals surface area contributed by atoms with Crippen LogP contribution in [0, 0.1) is 19.7 Å². The number of rotatable bonds is 6. The molecule has 10 heteroatoms. The number of halogens is 1. The Morgan fingerprint density at radius 2 is 2.00 bits per heavy atom. The summed E-state index contributed by atoms with van der Waals surface area (Å²) in [5.74, 6) is -0.521. The van der Waals surface area contributed by atoms with Crippen LogP contribution in [0.3, 0.4) is 0 Å². The summed E-state index contributed by atoms with van der Waals surface area (Å²) in [6, 6.07) is 3.52. The highest BCUT2D eigenvalue weighted by Gasteiger charge is 2.29. The molecule has 0 radical (unpaired) electrons. The third-order valence-corrected chi connectivity index (χ3v) is 6.50. The maximum Gasteiger partial charge on any atom is 0.246 e. The zero-order valence-electron chi connectivity index (χ0n) is 15.7. The van der Waals surface area contributed by atoms with Crippen LogP contribution in [0.5, 0.6) is 0 Å². The number of aryl methyl sites for hydroxylation is 2. The van der Waals surface area contributed by atoms with Crippen LogP contribution in [0.1, 0.15) is 23.4 Å². The lowest BCUT2D eigenvalue weighted by atomic mass is 10.1. The Labute approximate surface area is 162 Å². The van der Waals surface area contributed by atoms with Gasteiger partial charge in [-0.15, -0.1) is 0 Å². The Morgan fingerprint density at radius 3 is 2.64 bits per heavy atom. The number of ether oxygens (including phenoxy) is 1. The van der Waals surface area contributed by atoms with E-state index in [0.717, 1.165) is 23.4 Å². The molecular formula is C18H22FN3O5S. The number of amides is 1. The molecule has 1 saturated heterocycles. The molecule has 8 nitrogen and oxygen atoms in total. The van der Waals surface area contributed by atoms with E-state index in [0.29, 0.717) is 12.2 Å². The first-order valence-electron chi connectivity index (χ1n) is 8.88. The molecule has 0 saturated carbocycles. The van der Waals surface area contributed by atoms with Crippen LogP contribution in [0.2, 0.25) is 0 Å². The van der Waals surface area contributed by atoms with Crippen molar-refractivity contribution >= 4 is 21.6 Å². The van der Waals surface area contributed by atoms with Crippen LogP contribution in [0.15, 0.2) is 27.6 Å². The van der Waals surface area contributed by atoms with Crippen molar-refractivity contribution in [3.05, 3.63) is 41.0 Å². The second-order valence-corrected chi connectivity index (χ2v) is 8.42. The molecule has 1 fully saturated rings. The Kier molecular flexibility index (Phi) is 6.11. The maximum atomic E-state index is 14.2. The number of aromatic nitrogens is 1. The average molecular weight is 411 g/mol. The van der Waals surface area contributed by atoms with Gasteiger partial charge in [0.05, 0.1) is 18.9 Å². The highest BCUT2D eigenvalue weighted by molar-refractivity contribution is 7.89. The van der Waals surface area contributed by atoms with Gasteiger partial charge in [0.2, 0.25) is 15.9 Å². The van der Waals surface area contributed by atoms with Crippen molar-refractivity contribution in [1.82, 2.24) is 9.46 Å². The van der Waals surface area contributed by atoms with Gasteiger partial charge in [0, 0.05) is 30.8 Å². The van der Waals surface area contributed by atoms with E-state index in [2.05, 4.69) is 10.5 Å². The zero-order valence-corrected chi connectivity index (χ0v) is 16.5. The third kappa shape index (κ3) is 4.40. The molecular weight excluding hydrogens is 389 g/mol. The van der Waals surface area contributed by atoms with E-state index in [1.165, 1.54) is 10.4 Å². The van der Waals surface area contributed by atoms with Gasteiger partial charge in [-0.25, -0.2) is 12.8 Å². The second-order valence-electron chi connectivity index (χ2n) is 6.51. The summed E-state index contributed by atoms with van der Waals surface area (Å²) in [6.07, 6.45) is 0.596. The van der Waals surface area contributed by atoms with Gasteiger partial charge in [-0.05, 0) is 38.5 Å². The average Bonchev–Trinajstić information content (AvgIpc) is 3.00. The van der Waals surface area contributed by atoms with Gasteiger partial charge in [-0.3, -0.25) is 4.79 Å². The standard InChI is InChI=1S/C18H22FN3O5S/c1-12-15(13(2)27-21-12)4-6-18(23)20-14-3-5-16(19)17(11-14)28(24,25)22-7-9-26-10-8-22/h3,5,11H,4,6-10H2,1-2H3,(H,20,23). The molecule has 0 unspecified atom stereocenters. The highest BCUT2D eigenvalue weighted by atomic mass is 32.2. The molecule has 0 aliphatic carbocycles. The lowest BCUT2D eigenvalue weighted by molar-refractivity contribution is -0.116. The summed E-state index contributed by atoms with van der Waals surface area (Å²) >= 11 is 0. The van der Waals surface area contributed by atoms with Gasteiger partial charge >= 0.3 is 0 Å². The predicted molar refractivity (Wildman–Crippen MR) is 98.9 cm³/mol. The fourth-order valence-electron chi connectivity index (χ4n) is 3.03. The van der Waals surface area contributed by atoms with Crippen molar-refractivity contribution in [1.29, 1.82) is 0 Å². The topological polar surface area (TPSA) is 102 Å². The minimum Gasteiger partial charge on any atom is -0.379 e. The maximum absolute atomic E-state index is 14.2. The van der Waals surface area contributed by atoms with Gasteiger partial charge < -0.3 is 14.6 Å². The van der Waals surface area contributed by atoms with E-state index < -0.39 is 20.7 Å². The van der Waals surface area contributed by atoms with Gasteiger partial charge in [0.1, 0.15) is 16.5 Å². The van der Waals surface area contributed by atoms with Crippen LogP contribution < -0.4 is 5.32 Å². The minimum atomic E-state index is -4.00. The normalized spacial score (nSPS) is 15.5. The van der Waals surface area contributed by atoms with E-state index in [-0.39, 0.29) is 44.3 Å². The number of hydrogen-bond donors (Lipinski definition) is 1. The summed E-state index contributed by atoms with van der Waals surface area (Å²) < 4.78 is 51.0. The summed E-state index contributed by atoms with van der Waals surface area (Å²) in [5.41, 5.74) is 1.81. The van der Waals surface area contributed by atoms with E-state index in [4.69, 9.17) is 9.26 Å². The van der Waals surface area contributed by atoms with Crippen LogP contribution in [0.25, 0.3) is 0 Å². The third-order valence-electron chi connectivity index (χ3n) is 4.59. The smallest absolute Gasteiger partial charge is 0.246 e. The Morgan fingerprint density at radius 1 is 1.29 bits per heavy atom. The van der Waals surface area contributed by atoms with Gasteiger partial charge in [0.25, 0.3) is 0 Å². The molecule has 0 bridgehead atoms. The van der Waals surface area contributed by atoms with Crippen molar-refractivity contribution < 1.29 is 26.9 Å². The first-order valence-corrected chi connectivity index (χ1v) is 10.3. The Hall–Kier alpha value is -2.30. The molecule has 2 aromatic rings. The quantitative estimate of drug-likeness (QED) is 0.780. The van der Waals surface area contributed by atoms with Crippen LogP contribution in [-0.2, 0) is 26.0 Å². The Balaban J connectivity index is 1.71. The predicted octanol–water partition coefficient (Wildman–Crippen LogP) is 2.02. The fourth-order valence-corrected chi connectivity index (χ4v) is 4.52. The monoisotopic (exact) mass is 411 g/mol. The molecule has 0 atom stereocenters. The number of nitrogens with zero attached hydrogens (tertiary/aromatic N) is 2. The van der Waals surface area contributed by atoms with Crippen molar-refractivity contribution in [2.45, 2.75) is 31.6 Å². The van der Waals surface area contributed by atoms with Gasteiger partial charge in [-0.1, -0.05) is 5.16 Å². The fraction of sp³-hybridized carbons (Fsp3) is 0.444. The minimum absolute atomic E-state index is 0.159. The van der Waals surface area contributed by atoms with Crippen molar-refractivity contribution in [3.8, 4) is 0 Å². The molecule has 28 heavy (non-hydrogen) atoms. The van der Waals surface area contributed by atoms with Crippen molar-refractivity contribution in [2.24, 2.45) is 0 Å². The molecule has 1 amide bonds. The molecule has 2 heterocycles. The second kappa shape index (κ2) is 8.38.